The molecule has 5 rings (SSSR count). The van der Waals surface area contributed by atoms with E-state index < -0.39 is 5.79 Å². The van der Waals surface area contributed by atoms with Crippen molar-refractivity contribution in [2.24, 2.45) is 0 Å². The fourth-order valence-electron chi connectivity index (χ4n) is 3.93. The van der Waals surface area contributed by atoms with Gasteiger partial charge in [-0.25, -0.2) is 4.68 Å². The molecular formula is C20H20ClN3O3S. The highest BCUT2D eigenvalue weighted by molar-refractivity contribution is 7.20. The first-order chi connectivity index (χ1) is 13.6. The van der Waals surface area contributed by atoms with Crippen LogP contribution in [0.25, 0.3) is 15.9 Å². The maximum absolute atomic E-state index is 13.1. The molecule has 0 saturated carbocycles. The second-order valence-corrected chi connectivity index (χ2v) is 8.62. The number of likely N-dealkylation sites (tertiary alicyclic amines) is 1. The van der Waals surface area contributed by atoms with Crippen LogP contribution >= 0.6 is 22.9 Å². The minimum absolute atomic E-state index is 0.0548. The third-order valence-corrected chi connectivity index (χ3v) is 6.88. The summed E-state index contributed by atoms with van der Waals surface area (Å²) in [5, 5.41) is 6.25. The fraction of sp³-hybridized carbons (Fsp3) is 0.400. The maximum Gasteiger partial charge on any atom is 0.264 e. The van der Waals surface area contributed by atoms with E-state index in [1.165, 1.54) is 11.3 Å². The van der Waals surface area contributed by atoms with Gasteiger partial charge in [0.2, 0.25) is 0 Å². The van der Waals surface area contributed by atoms with Gasteiger partial charge in [-0.3, -0.25) is 4.79 Å². The Morgan fingerprint density at radius 1 is 1.21 bits per heavy atom. The lowest BCUT2D eigenvalue weighted by Crippen LogP contribution is -2.47. The molecule has 6 nitrogen and oxygen atoms in total. The number of carbonyl (C=O) groups is 1. The molecule has 2 aliphatic rings. The number of carbonyl (C=O) groups excluding carboxylic acids is 1. The molecule has 1 aromatic carbocycles. The zero-order chi connectivity index (χ0) is 19.3. The molecule has 2 fully saturated rings. The molecule has 4 heterocycles. The van der Waals surface area contributed by atoms with Crippen LogP contribution in [0.15, 0.2) is 30.3 Å². The minimum atomic E-state index is -0.474. The molecular weight excluding hydrogens is 398 g/mol. The predicted octanol–water partition coefficient (Wildman–Crippen LogP) is 4.03. The number of nitrogens with zero attached hydrogens (tertiary/aromatic N) is 3. The summed E-state index contributed by atoms with van der Waals surface area (Å²) in [6, 6.07) is 9.55. The van der Waals surface area contributed by atoms with Gasteiger partial charge in [0, 0.05) is 31.3 Å². The third kappa shape index (κ3) is 2.93. The van der Waals surface area contributed by atoms with E-state index in [9.17, 15) is 4.79 Å². The molecule has 1 spiro atoms. The summed E-state index contributed by atoms with van der Waals surface area (Å²) in [5.41, 5.74) is 1.70. The monoisotopic (exact) mass is 417 g/mol. The van der Waals surface area contributed by atoms with Crippen LogP contribution in [0.1, 0.15) is 28.2 Å². The first-order valence-electron chi connectivity index (χ1n) is 9.38. The van der Waals surface area contributed by atoms with Gasteiger partial charge in [-0.05, 0) is 25.1 Å². The Morgan fingerprint density at radius 3 is 2.64 bits per heavy atom. The highest BCUT2D eigenvalue weighted by Gasteiger charge is 2.41. The van der Waals surface area contributed by atoms with Gasteiger partial charge in [0.25, 0.3) is 5.91 Å². The van der Waals surface area contributed by atoms with Crippen LogP contribution in [0.3, 0.4) is 0 Å². The van der Waals surface area contributed by atoms with Crippen LogP contribution in [0, 0.1) is 6.92 Å². The molecule has 2 aromatic heterocycles. The molecule has 8 heteroatoms. The van der Waals surface area contributed by atoms with E-state index in [4.69, 9.17) is 21.1 Å². The second-order valence-electron chi connectivity index (χ2n) is 7.18. The number of ether oxygens (including phenoxy) is 2. The van der Waals surface area contributed by atoms with Crippen LogP contribution in [0.4, 0.5) is 0 Å². The molecule has 3 aromatic rings. The lowest BCUT2D eigenvalue weighted by Gasteiger charge is -2.37. The van der Waals surface area contributed by atoms with Crippen LogP contribution < -0.4 is 0 Å². The minimum Gasteiger partial charge on any atom is -0.347 e. The summed E-state index contributed by atoms with van der Waals surface area (Å²) in [4.78, 5) is 16.6. The van der Waals surface area contributed by atoms with Gasteiger partial charge in [-0.2, -0.15) is 5.10 Å². The molecule has 0 N–H and O–H groups in total. The van der Waals surface area contributed by atoms with E-state index in [0.29, 0.717) is 31.3 Å². The van der Waals surface area contributed by atoms with E-state index in [0.717, 1.165) is 39.3 Å². The van der Waals surface area contributed by atoms with Crippen LogP contribution in [0.2, 0.25) is 5.02 Å². The first kappa shape index (κ1) is 18.1. The van der Waals surface area contributed by atoms with Crippen molar-refractivity contribution >= 4 is 39.1 Å². The van der Waals surface area contributed by atoms with Gasteiger partial charge in [0.05, 0.1) is 34.5 Å². The molecule has 1 amide bonds. The zero-order valence-corrected chi connectivity index (χ0v) is 17.1. The molecule has 0 bridgehead atoms. The van der Waals surface area contributed by atoms with E-state index in [1.54, 1.807) is 0 Å². The van der Waals surface area contributed by atoms with Crippen molar-refractivity contribution in [2.75, 3.05) is 26.3 Å². The summed E-state index contributed by atoms with van der Waals surface area (Å²) < 4.78 is 13.4. The molecule has 0 atom stereocenters. The number of hydrogen-bond donors (Lipinski definition) is 0. The standard InChI is InChI=1S/C20H20ClN3O3S/c1-13-14-12-17(18(25)23-8-6-20(7-9-23)26-10-11-27-20)28-19(14)24(22-13)16-5-3-2-4-15(16)21/h2-5,12H,6-11H2,1H3. The summed E-state index contributed by atoms with van der Waals surface area (Å²) >= 11 is 7.83. The Balaban J connectivity index is 1.43. The van der Waals surface area contributed by atoms with E-state index >= 15 is 0 Å². The Morgan fingerprint density at radius 2 is 1.93 bits per heavy atom. The lowest BCUT2D eigenvalue weighted by atomic mass is 10.0. The number of piperidine rings is 1. The average Bonchev–Trinajstić information content (AvgIpc) is 3.40. The van der Waals surface area contributed by atoms with Gasteiger partial charge in [0.1, 0.15) is 4.83 Å². The van der Waals surface area contributed by atoms with Crippen molar-refractivity contribution in [1.29, 1.82) is 0 Å². The summed E-state index contributed by atoms with van der Waals surface area (Å²) in [6.45, 7) is 4.52. The highest BCUT2D eigenvalue weighted by Crippen LogP contribution is 2.35. The Labute approximate surface area is 171 Å². The molecule has 0 aliphatic carbocycles. The van der Waals surface area contributed by atoms with Gasteiger partial charge in [-0.15, -0.1) is 11.3 Å². The summed E-state index contributed by atoms with van der Waals surface area (Å²) in [6.07, 6.45) is 1.44. The number of hydrogen-bond acceptors (Lipinski definition) is 5. The van der Waals surface area contributed by atoms with E-state index in [-0.39, 0.29) is 5.91 Å². The highest BCUT2D eigenvalue weighted by atomic mass is 35.5. The fourth-order valence-corrected chi connectivity index (χ4v) is 5.29. The van der Waals surface area contributed by atoms with Gasteiger partial charge >= 0.3 is 0 Å². The van der Waals surface area contributed by atoms with Gasteiger partial charge in [0.15, 0.2) is 5.79 Å². The maximum atomic E-state index is 13.1. The van der Waals surface area contributed by atoms with E-state index in [2.05, 4.69) is 5.10 Å². The number of aryl methyl sites for hydroxylation is 1. The van der Waals surface area contributed by atoms with Crippen molar-refractivity contribution in [3.05, 3.63) is 45.9 Å². The van der Waals surface area contributed by atoms with Crippen molar-refractivity contribution in [3.63, 3.8) is 0 Å². The molecule has 2 aliphatic heterocycles. The Hall–Kier alpha value is -1.93. The van der Waals surface area contributed by atoms with Crippen molar-refractivity contribution in [3.8, 4) is 5.69 Å². The molecule has 0 unspecified atom stereocenters. The average molecular weight is 418 g/mol. The molecule has 146 valence electrons. The quantitative estimate of drug-likeness (QED) is 0.631. The molecule has 2 saturated heterocycles. The SMILES string of the molecule is Cc1nn(-c2ccccc2Cl)c2sc(C(=O)N3CCC4(CC3)OCCO4)cc12. The smallest absolute Gasteiger partial charge is 0.264 e. The lowest BCUT2D eigenvalue weighted by molar-refractivity contribution is -0.181. The number of aromatic nitrogens is 2. The number of benzene rings is 1. The Kier molecular flexibility index (Phi) is 4.43. The number of para-hydroxylation sites is 1. The predicted molar refractivity (Wildman–Crippen MR) is 108 cm³/mol. The van der Waals surface area contributed by atoms with Crippen molar-refractivity contribution < 1.29 is 14.3 Å². The van der Waals surface area contributed by atoms with Gasteiger partial charge in [-0.1, -0.05) is 23.7 Å². The van der Waals surface area contributed by atoms with Crippen LogP contribution in [0.5, 0.6) is 0 Å². The van der Waals surface area contributed by atoms with E-state index in [1.807, 2.05) is 46.8 Å². The number of fused-ring (bicyclic) bond motifs is 1. The largest absolute Gasteiger partial charge is 0.347 e. The zero-order valence-electron chi connectivity index (χ0n) is 15.5. The second kappa shape index (κ2) is 6.84. The van der Waals surface area contributed by atoms with Crippen molar-refractivity contribution in [2.45, 2.75) is 25.6 Å². The van der Waals surface area contributed by atoms with Gasteiger partial charge < -0.3 is 14.4 Å². The number of thiophene rings is 1. The van der Waals surface area contributed by atoms with Crippen molar-refractivity contribution in [1.82, 2.24) is 14.7 Å². The third-order valence-electron chi connectivity index (χ3n) is 5.46. The topological polar surface area (TPSA) is 56.6 Å². The summed E-state index contributed by atoms with van der Waals surface area (Å²) in [7, 11) is 0. The number of amides is 1. The molecule has 28 heavy (non-hydrogen) atoms. The normalized spacial score (nSPS) is 19.0. The first-order valence-corrected chi connectivity index (χ1v) is 10.6. The molecule has 0 radical (unpaired) electrons. The Bertz CT molecular complexity index is 1040. The summed E-state index contributed by atoms with van der Waals surface area (Å²) in [5.74, 6) is -0.419. The number of halogens is 1. The number of rotatable bonds is 2. The van der Waals surface area contributed by atoms with Crippen LogP contribution in [-0.4, -0.2) is 52.7 Å². The van der Waals surface area contributed by atoms with Crippen LogP contribution in [-0.2, 0) is 9.47 Å².